The third-order valence-corrected chi connectivity index (χ3v) is 5.45. The monoisotopic (exact) mass is 343 g/mol. The van der Waals surface area contributed by atoms with Crippen LogP contribution in [0.1, 0.15) is 36.8 Å². The smallest absolute Gasteiger partial charge is 0.0177 e. The number of rotatable bonds is 4. The first-order valence-corrected chi connectivity index (χ1v) is 8.55. The quantitative estimate of drug-likeness (QED) is 0.845. The molecule has 0 heterocycles. The van der Waals surface area contributed by atoms with E-state index < -0.39 is 0 Å². The summed E-state index contributed by atoms with van der Waals surface area (Å²) < 4.78 is 1.12. The van der Waals surface area contributed by atoms with Gasteiger partial charge in [0.05, 0.1) is 0 Å². The zero-order valence-electron chi connectivity index (χ0n) is 12.3. The van der Waals surface area contributed by atoms with E-state index in [4.69, 9.17) is 5.73 Å². The van der Waals surface area contributed by atoms with E-state index in [1.165, 1.54) is 36.8 Å². The van der Waals surface area contributed by atoms with Gasteiger partial charge in [0.25, 0.3) is 0 Å². The highest BCUT2D eigenvalue weighted by Crippen LogP contribution is 2.43. The highest BCUT2D eigenvalue weighted by molar-refractivity contribution is 9.10. The van der Waals surface area contributed by atoms with Crippen molar-refractivity contribution < 1.29 is 0 Å². The molecule has 2 aromatic rings. The summed E-state index contributed by atoms with van der Waals surface area (Å²) in [6.45, 7) is 0. The third-order valence-electron chi connectivity index (χ3n) is 4.92. The molecule has 0 saturated heterocycles. The van der Waals surface area contributed by atoms with Crippen molar-refractivity contribution in [1.82, 2.24) is 0 Å². The second-order valence-corrected chi connectivity index (χ2v) is 7.08. The van der Waals surface area contributed by atoms with Gasteiger partial charge in [-0.05, 0) is 42.5 Å². The number of nitrogens with two attached hydrogens (primary N) is 1. The van der Waals surface area contributed by atoms with Gasteiger partial charge in [-0.2, -0.15) is 0 Å². The summed E-state index contributed by atoms with van der Waals surface area (Å²) >= 11 is 3.49. The first-order valence-electron chi connectivity index (χ1n) is 7.76. The Labute approximate surface area is 135 Å². The normalized spacial score (nSPS) is 18.6. The van der Waals surface area contributed by atoms with Gasteiger partial charge in [0.15, 0.2) is 0 Å². The Balaban J connectivity index is 1.85. The molecule has 2 heteroatoms. The molecule has 0 spiro atoms. The topological polar surface area (TPSA) is 26.0 Å². The fourth-order valence-electron chi connectivity index (χ4n) is 3.72. The van der Waals surface area contributed by atoms with Crippen LogP contribution in [-0.2, 0) is 11.8 Å². The van der Waals surface area contributed by atoms with E-state index in [1.807, 2.05) is 0 Å². The minimum Gasteiger partial charge on any atom is -0.327 e. The van der Waals surface area contributed by atoms with Crippen LogP contribution >= 0.6 is 15.9 Å². The van der Waals surface area contributed by atoms with Crippen LogP contribution in [0, 0.1) is 0 Å². The third kappa shape index (κ3) is 3.07. The lowest BCUT2D eigenvalue weighted by atomic mass is 9.71. The van der Waals surface area contributed by atoms with Crippen LogP contribution in [0.2, 0.25) is 0 Å². The van der Waals surface area contributed by atoms with E-state index in [0.717, 1.165) is 10.9 Å². The lowest BCUT2D eigenvalue weighted by Gasteiger charge is -2.36. The zero-order chi connectivity index (χ0) is 14.7. The Hall–Kier alpha value is -1.12. The zero-order valence-corrected chi connectivity index (χ0v) is 13.9. The van der Waals surface area contributed by atoms with E-state index in [-0.39, 0.29) is 11.5 Å². The van der Waals surface area contributed by atoms with Gasteiger partial charge in [-0.1, -0.05) is 71.2 Å². The Kier molecular flexibility index (Phi) is 4.46. The second kappa shape index (κ2) is 6.33. The Bertz CT molecular complexity index is 570. The molecule has 0 aliphatic heterocycles. The summed E-state index contributed by atoms with van der Waals surface area (Å²) in [6.07, 6.45) is 5.97. The number of hydrogen-bond donors (Lipinski definition) is 1. The maximum absolute atomic E-state index is 6.70. The summed E-state index contributed by atoms with van der Waals surface area (Å²) in [4.78, 5) is 0. The maximum Gasteiger partial charge on any atom is 0.0177 e. The van der Waals surface area contributed by atoms with E-state index in [2.05, 4.69) is 70.5 Å². The van der Waals surface area contributed by atoms with Gasteiger partial charge < -0.3 is 5.73 Å². The molecule has 21 heavy (non-hydrogen) atoms. The van der Waals surface area contributed by atoms with Crippen LogP contribution in [-0.4, -0.2) is 6.04 Å². The van der Waals surface area contributed by atoms with E-state index in [0.29, 0.717) is 0 Å². The lowest BCUT2D eigenvalue weighted by Crippen LogP contribution is -2.45. The maximum atomic E-state index is 6.70. The molecule has 2 aromatic carbocycles. The molecule has 0 radical (unpaired) electrons. The number of benzene rings is 2. The van der Waals surface area contributed by atoms with Gasteiger partial charge in [-0.25, -0.2) is 0 Å². The summed E-state index contributed by atoms with van der Waals surface area (Å²) in [6, 6.07) is 19.6. The fourth-order valence-corrected chi connectivity index (χ4v) is 3.98. The molecular weight excluding hydrogens is 322 g/mol. The molecule has 0 amide bonds. The molecule has 1 saturated carbocycles. The van der Waals surface area contributed by atoms with E-state index in [1.54, 1.807) is 0 Å². The minimum atomic E-state index is 0.161. The van der Waals surface area contributed by atoms with Crippen molar-refractivity contribution in [3.8, 4) is 0 Å². The van der Waals surface area contributed by atoms with Gasteiger partial charge in [-0.3, -0.25) is 0 Å². The second-order valence-electron chi connectivity index (χ2n) is 6.17. The molecule has 1 nitrogen and oxygen atoms in total. The average molecular weight is 344 g/mol. The molecule has 1 aliphatic rings. The molecule has 1 aliphatic carbocycles. The van der Waals surface area contributed by atoms with Gasteiger partial charge in [0.2, 0.25) is 0 Å². The molecule has 0 bridgehead atoms. The van der Waals surface area contributed by atoms with Crippen molar-refractivity contribution in [2.45, 2.75) is 43.6 Å². The summed E-state index contributed by atoms with van der Waals surface area (Å²) in [7, 11) is 0. The van der Waals surface area contributed by atoms with Crippen LogP contribution < -0.4 is 5.73 Å². The Morgan fingerprint density at radius 3 is 2.19 bits per heavy atom. The predicted molar refractivity (Wildman–Crippen MR) is 92.4 cm³/mol. The van der Waals surface area contributed by atoms with Crippen molar-refractivity contribution >= 4 is 15.9 Å². The lowest BCUT2D eigenvalue weighted by molar-refractivity contribution is 0.347. The minimum absolute atomic E-state index is 0.161. The van der Waals surface area contributed by atoms with Crippen LogP contribution in [0.25, 0.3) is 0 Å². The van der Waals surface area contributed by atoms with E-state index >= 15 is 0 Å². The molecule has 1 atom stereocenters. The fraction of sp³-hybridized carbons (Fsp3) is 0.368. The van der Waals surface area contributed by atoms with Crippen molar-refractivity contribution in [3.05, 3.63) is 70.2 Å². The summed E-state index contributed by atoms with van der Waals surface area (Å²) in [5, 5.41) is 0. The molecule has 0 aromatic heterocycles. The van der Waals surface area contributed by atoms with Crippen molar-refractivity contribution in [2.24, 2.45) is 5.73 Å². The largest absolute Gasteiger partial charge is 0.327 e. The van der Waals surface area contributed by atoms with Crippen molar-refractivity contribution in [3.63, 3.8) is 0 Å². The Morgan fingerprint density at radius 2 is 1.57 bits per heavy atom. The SMILES string of the molecule is NC(Cc1ccc(Br)cc1)C1(c2ccccc2)CCCC1. The molecule has 3 rings (SSSR count). The standard InChI is InChI=1S/C19H22BrN/c20-17-10-8-15(9-11-17)14-18(21)19(12-4-5-13-19)16-6-2-1-3-7-16/h1-3,6-11,18H,4-5,12-14,21H2. The first-order chi connectivity index (χ1) is 10.2. The molecule has 1 fully saturated rings. The highest BCUT2D eigenvalue weighted by Gasteiger charge is 2.40. The number of halogens is 1. The summed E-state index contributed by atoms with van der Waals surface area (Å²) in [5.74, 6) is 0. The van der Waals surface area contributed by atoms with Gasteiger partial charge in [0.1, 0.15) is 0 Å². The number of hydrogen-bond acceptors (Lipinski definition) is 1. The van der Waals surface area contributed by atoms with Crippen LogP contribution in [0.5, 0.6) is 0 Å². The van der Waals surface area contributed by atoms with Gasteiger partial charge >= 0.3 is 0 Å². The van der Waals surface area contributed by atoms with E-state index in [9.17, 15) is 0 Å². The van der Waals surface area contributed by atoms with Gasteiger partial charge in [-0.15, -0.1) is 0 Å². The van der Waals surface area contributed by atoms with Crippen LogP contribution in [0.15, 0.2) is 59.1 Å². The summed E-state index contributed by atoms with van der Waals surface area (Å²) in [5.41, 5.74) is 9.62. The molecular formula is C19H22BrN. The average Bonchev–Trinajstić information content (AvgIpc) is 3.01. The first kappa shape index (κ1) is 14.8. The molecule has 110 valence electrons. The van der Waals surface area contributed by atoms with Crippen LogP contribution in [0.3, 0.4) is 0 Å². The van der Waals surface area contributed by atoms with Crippen LogP contribution in [0.4, 0.5) is 0 Å². The predicted octanol–water partition coefficient (Wildman–Crippen LogP) is 4.83. The van der Waals surface area contributed by atoms with Gasteiger partial charge in [0, 0.05) is 15.9 Å². The highest BCUT2D eigenvalue weighted by atomic mass is 79.9. The molecule has 2 N–H and O–H groups in total. The molecule has 1 unspecified atom stereocenters. The van der Waals surface area contributed by atoms with Crippen molar-refractivity contribution in [2.75, 3.05) is 0 Å². The van der Waals surface area contributed by atoms with Crippen molar-refractivity contribution in [1.29, 1.82) is 0 Å². The Morgan fingerprint density at radius 1 is 0.952 bits per heavy atom.